The molecule has 1 aromatic carbocycles. The summed E-state index contributed by atoms with van der Waals surface area (Å²) in [6.45, 7) is 3.35. The summed E-state index contributed by atoms with van der Waals surface area (Å²) in [5, 5.41) is 8.82. The fourth-order valence-corrected chi connectivity index (χ4v) is 2.06. The zero-order valence-electron chi connectivity index (χ0n) is 13.3. The quantitative estimate of drug-likeness (QED) is 0.753. The van der Waals surface area contributed by atoms with Gasteiger partial charge < -0.3 is 15.2 Å². The van der Waals surface area contributed by atoms with Crippen LogP contribution in [0.1, 0.15) is 21.9 Å². The summed E-state index contributed by atoms with van der Waals surface area (Å²) in [5.41, 5.74) is 0.533. The largest absolute Gasteiger partial charge is 0.360 e. The Balaban J connectivity index is 1.83. The number of carbonyl (C=O) groups is 1. The molecule has 0 unspecified atom stereocenters. The fraction of sp³-hybridized carbons (Fsp3) is 0.125. The smallest absolute Gasteiger partial charge is 0.275 e. The minimum Gasteiger partial charge on any atom is -0.360 e. The Kier molecular flexibility index (Phi) is 4.38. The van der Waals surface area contributed by atoms with Gasteiger partial charge in [-0.2, -0.15) is 0 Å². The molecule has 2 aromatic heterocycles. The molecule has 3 aromatic rings. The van der Waals surface area contributed by atoms with Gasteiger partial charge in [0.1, 0.15) is 23.1 Å². The summed E-state index contributed by atoms with van der Waals surface area (Å²) in [5.74, 6) is -1.22. The van der Waals surface area contributed by atoms with Crippen LogP contribution in [0, 0.1) is 25.5 Å². The molecule has 2 N–H and O–H groups in total. The standard InChI is InChI=1S/C16H13F2N5O2/c1-8-5-13(15(24)22-14-6-9(2)25-23-14)21-16(19-8)20-12-4-3-10(17)7-11(12)18/h3-7H,1-2H3,(H,19,20,21)(H,22,23,24). The van der Waals surface area contributed by atoms with Crippen LogP contribution >= 0.6 is 0 Å². The number of rotatable bonds is 4. The highest BCUT2D eigenvalue weighted by molar-refractivity contribution is 6.02. The maximum atomic E-state index is 13.7. The molecule has 0 bridgehead atoms. The van der Waals surface area contributed by atoms with Crippen LogP contribution in [0.4, 0.5) is 26.2 Å². The molecule has 0 radical (unpaired) electrons. The molecule has 1 amide bonds. The lowest BCUT2D eigenvalue weighted by Gasteiger charge is -2.08. The van der Waals surface area contributed by atoms with Crippen LogP contribution in [0.15, 0.2) is 34.9 Å². The topological polar surface area (TPSA) is 92.9 Å². The maximum absolute atomic E-state index is 13.7. The highest BCUT2D eigenvalue weighted by atomic mass is 19.1. The third-order valence-corrected chi connectivity index (χ3v) is 3.13. The average molecular weight is 345 g/mol. The Morgan fingerprint density at radius 1 is 1.12 bits per heavy atom. The third kappa shape index (κ3) is 3.94. The number of anilines is 3. The van der Waals surface area contributed by atoms with Crippen LogP contribution in [0.5, 0.6) is 0 Å². The zero-order chi connectivity index (χ0) is 18.0. The number of aryl methyl sites for hydroxylation is 2. The van der Waals surface area contributed by atoms with Gasteiger partial charge in [0.05, 0.1) is 5.69 Å². The number of hydrogen-bond acceptors (Lipinski definition) is 6. The lowest BCUT2D eigenvalue weighted by atomic mass is 10.3. The van der Waals surface area contributed by atoms with E-state index in [0.29, 0.717) is 11.5 Å². The van der Waals surface area contributed by atoms with E-state index in [1.165, 1.54) is 12.1 Å². The number of nitrogens with zero attached hydrogens (tertiary/aromatic N) is 3. The van der Waals surface area contributed by atoms with Crippen molar-refractivity contribution in [3.63, 3.8) is 0 Å². The Labute approximate surface area is 141 Å². The normalized spacial score (nSPS) is 10.6. The van der Waals surface area contributed by atoms with E-state index in [4.69, 9.17) is 4.52 Å². The second-order valence-electron chi connectivity index (χ2n) is 5.24. The van der Waals surface area contributed by atoms with Crippen molar-refractivity contribution in [1.29, 1.82) is 0 Å². The van der Waals surface area contributed by atoms with E-state index in [1.807, 2.05) is 0 Å². The monoisotopic (exact) mass is 345 g/mol. The van der Waals surface area contributed by atoms with Crippen molar-refractivity contribution in [1.82, 2.24) is 15.1 Å². The van der Waals surface area contributed by atoms with E-state index < -0.39 is 17.5 Å². The fourth-order valence-electron chi connectivity index (χ4n) is 2.06. The molecule has 3 rings (SSSR count). The van der Waals surface area contributed by atoms with Crippen molar-refractivity contribution < 1.29 is 18.1 Å². The highest BCUT2D eigenvalue weighted by Crippen LogP contribution is 2.19. The minimum atomic E-state index is -0.797. The number of aromatic nitrogens is 3. The number of nitrogens with one attached hydrogen (secondary N) is 2. The van der Waals surface area contributed by atoms with Gasteiger partial charge in [-0.25, -0.2) is 18.7 Å². The van der Waals surface area contributed by atoms with E-state index in [-0.39, 0.29) is 23.1 Å². The average Bonchev–Trinajstić information content (AvgIpc) is 2.94. The van der Waals surface area contributed by atoms with E-state index in [2.05, 4.69) is 25.8 Å². The number of halogens is 2. The van der Waals surface area contributed by atoms with E-state index in [0.717, 1.165) is 12.1 Å². The lowest BCUT2D eigenvalue weighted by molar-refractivity contribution is 0.102. The van der Waals surface area contributed by atoms with Gasteiger partial charge >= 0.3 is 0 Å². The number of benzene rings is 1. The van der Waals surface area contributed by atoms with E-state index in [1.54, 1.807) is 19.9 Å². The number of carbonyl (C=O) groups excluding carboxylic acids is 1. The van der Waals surface area contributed by atoms with Crippen LogP contribution in [-0.4, -0.2) is 21.0 Å². The van der Waals surface area contributed by atoms with Crippen LogP contribution in [-0.2, 0) is 0 Å². The summed E-state index contributed by atoms with van der Waals surface area (Å²) in [7, 11) is 0. The molecule has 128 valence electrons. The van der Waals surface area contributed by atoms with Crippen LogP contribution in [0.25, 0.3) is 0 Å². The number of hydrogen-bond donors (Lipinski definition) is 2. The van der Waals surface area contributed by atoms with Gasteiger partial charge in [0, 0.05) is 17.8 Å². The Morgan fingerprint density at radius 2 is 1.92 bits per heavy atom. The summed E-state index contributed by atoms with van der Waals surface area (Å²) < 4.78 is 31.6. The zero-order valence-corrected chi connectivity index (χ0v) is 13.3. The first-order chi connectivity index (χ1) is 11.9. The van der Waals surface area contributed by atoms with Crippen molar-refractivity contribution in [2.75, 3.05) is 10.6 Å². The summed E-state index contributed by atoms with van der Waals surface area (Å²) in [4.78, 5) is 20.4. The second-order valence-corrected chi connectivity index (χ2v) is 5.24. The van der Waals surface area contributed by atoms with Gasteiger partial charge in [0.15, 0.2) is 5.82 Å². The predicted molar refractivity (Wildman–Crippen MR) is 85.6 cm³/mol. The molecule has 2 heterocycles. The van der Waals surface area contributed by atoms with Crippen LogP contribution < -0.4 is 10.6 Å². The number of amides is 1. The van der Waals surface area contributed by atoms with Crippen molar-refractivity contribution in [3.8, 4) is 0 Å². The second kappa shape index (κ2) is 6.63. The van der Waals surface area contributed by atoms with Crippen molar-refractivity contribution in [2.45, 2.75) is 13.8 Å². The Hall–Kier alpha value is -3.36. The van der Waals surface area contributed by atoms with Crippen molar-refractivity contribution in [2.24, 2.45) is 0 Å². The molecule has 9 heteroatoms. The first-order valence-corrected chi connectivity index (χ1v) is 7.23. The molecule has 0 aliphatic heterocycles. The molecule has 0 spiro atoms. The van der Waals surface area contributed by atoms with Crippen molar-refractivity contribution >= 4 is 23.4 Å². The van der Waals surface area contributed by atoms with Gasteiger partial charge in [0.2, 0.25) is 5.95 Å². The molecule has 0 saturated heterocycles. The summed E-state index contributed by atoms with van der Waals surface area (Å²) in [6.07, 6.45) is 0. The molecule has 0 aliphatic carbocycles. The predicted octanol–water partition coefficient (Wildman–Crippen LogP) is 3.36. The lowest BCUT2D eigenvalue weighted by Crippen LogP contribution is -2.15. The Bertz CT molecular complexity index is 942. The highest BCUT2D eigenvalue weighted by Gasteiger charge is 2.14. The first kappa shape index (κ1) is 16.5. The van der Waals surface area contributed by atoms with E-state index >= 15 is 0 Å². The minimum absolute atomic E-state index is 0.00647. The van der Waals surface area contributed by atoms with Crippen LogP contribution in [0.3, 0.4) is 0 Å². The molecule has 0 atom stereocenters. The molecule has 0 aliphatic rings. The van der Waals surface area contributed by atoms with E-state index in [9.17, 15) is 13.6 Å². The van der Waals surface area contributed by atoms with Gasteiger partial charge in [-0.05, 0) is 32.0 Å². The summed E-state index contributed by atoms with van der Waals surface area (Å²) in [6, 6.07) is 6.07. The van der Waals surface area contributed by atoms with Crippen LogP contribution in [0.2, 0.25) is 0 Å². The van der Waals surface area contributed by atoms with Gasteiger partial charge in [-0.3, -0.25) is 4.79 Å². The molecule has 0 saturated carbocycles. The molecule has 0 fully saturated rings. The summed E-state index contributed by atoms with van der Waals surface area (Å²) >= 11 is 0. The molecular weight excluding hydrogens is 332 g/mol. The van der Waals surface area contributed by atoms with Gasteiger partial charge in [-0.15, -0.1) is 0 Å². The first-order valence-electron chi connectivity index (χ1n) is 7.23. The third-order valence-electron chi connectivity index (χ3n) is 3.13. The molecular formula is C16H13F2N5O2. The van der Waals surface area contributed by atoms with Crippen molar-refractivity contribution in [3.05, 3.63) is 59.1 Å². The molecule has 7 nitrogen and oxygen atoms in total. The Morgan fingerprint density at radius 3 is 2.60 bits per heavy atom. The maximum Gasteiger partial charge on any atom is 0.275 e. The SMILES string of the molecule is Cc1cc(C(=O)Nc2cc(C)on2)nc(Nc2ccc(F)cc2F)n1. The molecule has 25 heavy (non-hydrogen) atoms. The van der Waals surface area contributed by atoms with Gasteiger partial charge in [-0.1, -0.05) is 5.16 Å². The van der Waals surface area contributed by atoms with Gasteiger partial charge in [0.25, 0.3) is 5.91 Å².